The molecule has 0 aliphatic rings. The van der Waals surface area contributed by atoms with Crippen molar-refractivity contribution in [1.82, 2.24) is 15.3 Å². The summed E-state index contributed by atoms with van der Waals surface area (Å²) in [5.74, 6) is -0.517. The molecule has 0 fully saturated rings. The van der Waals surface area contributed by atoms with Crippen LogP contribution in [0.15, 0.2) is 78.2 Å². The number of halogens is 1. The molecule has 0 aliphatic carbocycles. The molecule has 0 aliphatic heterocycles. The highest BCUT2D eigenvalue weighted by Gasteiger charge is 2.29. The topological polar surface area (TPSA) is 119 Å². The molecule has 0 spiro atoms. The normalized spacial score (nSPS) is 11.9. The number of rotatable bonds is 7. The van der Waals surface area contributed by atoms with E-state index in [1.165, 1.54) is 0 Å². The van der Waals surface area contributed by atoms with Crippen LogP contribution in [-0.4, -0.2) is 39.2 Å². The number of carbonyl (C=O) groups excluding carboxylic acids is 2. The molecule has 0 unspecified atom stereocenters. The molecule has 0 saturated heterocycles. The number of nitrogens with one attached hydrogen (secondary N) is 3. The molecule has 4 aromatic rings. The Bertz CT molecular complexity index is 1390. The molecule has 4 N–H and O–H groups in total. The SMILES string of the molecule is CC(C)(C(=O)NC/C(=N\O)c1ccc(C(=O)Nc2ccnc3[nH]ccc23)cc1)c1ccc(Cl)cc1. The number of nitrogens with zero attached hydrogens (tertiary/aromatic N) is 2. The first kappa shape index (κ1) is 24.0. The number of benzene rings is 2. The molecule has 2 aromatic heterocycles. The number of amides is 2. The molecule has 8 nitrogen and oxygen atoms in total. The highest BCUT2D eigenvalue weighted by molar-refractivity contribution is 6.30. The lowest BCUT2D eigenvalue weighted by Gasteiger charge is -2.24. The largest absolute Gasteiger partial charge is 0.411 e. The predicted molar refractivity (Wildman–Crippen MR) is 136 cm³/mol. The first-order valence-electron chi connectivity index (χ1n) is 10.9. The van der Waals surface area contributed by atoms with Crippen molar-refractivity contribution in [2.75, 3.05) is 11.9 Å². The third-order valence-electron chi connectivity index (χ3n) is 5.86. The predicted octanol–water partition coefficient (Wildman–Crippen LogP) is 4.74. The number of oxime groups is 1. The lowest BCUT2D eigenvalue weighted by Crippen LogP contribution is -2.42. The quantitative estimate of drug-likeness (QED) is 0.170. The van der Waals surface area contributed by atoms with E-state index in [1.54, 1.807) is 80.8 Å². The van der Waals surface area contributed by atoms with Crippen molar-refractivity contribution in [3.8, 4) is 0 Å². The number of aromatic amines is 1. The van der Waals surface area contributed by atoms with Crippen molar-refractivity contribution in [2.24, 2.45) is 5.16 Å². The average Bonchev–Trinajstić information content (AvgIpc) is 3.35. The molecular weight excluding hydrogens is 466 g/mol. The van der Waals surface area contributed by atoms with E-state index in [0.29, 0.717) is 27.5 Å². The van der Waals surface area contributed by atoms with Gasteiger partial charge in [0.25, 0.3) is 5.91 Å². The number of H-pyrrole nitrogens is 1. The summed E-state index contributed by atoms with van der Waals surface area (Å²) in [6, 6.07) is 17.2. The fraction of sp³-hybridized carbons (Fsp3) is 0.154. The Morgan fingerprint density at radius 1 is 1.03 bits per heavy atom. The average molecular weight is 490 g/mol. The van der Waals surface area contributed by atoms with Crippen LogP contribution in [0.4, 0.5) is 5.69 Å². The van der Waals surface area contributed by atoms with Gasteiger partial charge in [-0.15, -0.1) is 0 Å². The Balaban J connectivity index is 1.41. The number of carbonyl (C=O) groups is 2. The summed E-state index contributed by atoms with van der Waals surface area (Å²) >= 11 is 5.95. The minimum absolute atomic E-state index is 0.0143. The summed E-state index contributed by atoms with van der Waals surface area (Å²) in [5.41, 5.74) is 2.59. The molecule has 35 heavy (non-hydrogen) atoms. The number of pyridine rings is 1. The van der Waals surface area contributed by atoms with Gasteiger partial charge >= 0.3 is 0 Å². The molecule has 9 heteroatoms. The summed E-state index contributed by atoms with van der Waals surface area (Å²) in [5, 5.41) is 20.0. The van der Waals surface area contributed by atoms with Crippen LogP contribution in [0.3, 0.4) is 0 Å². The van der Waals surface area contributed by atoms with Crippen LogP contribution in [0.2, 0.25) is 5.02 Å². The van der Waals surface area contributed by atoms with Gasteiger partial charge < -0.3 is 20.8 Å². The molecule has 0 radical (unpaired) electrons. The Kier molecular flexibility index (Phi) is 6.84. The maximum absolute atomic E-state index is 12.9. The minimum atomic E-state index is -0.815. The van der Waals surface area contributed by atoms with Gasteiger partial charge in [0, 0.05) is 33.9 Å². The number of hydrogen-bond acceptors (Lipinski definition) is 5. The molecule has 0 saturated carbocycles. The second kappa shape index (κ2) is 9.99. The summed E-state index contributed by atoms with van der Waals surface area (Å²) in [7, 11) is 0. The minimum Gasteiger partial charge on any atom is -0.411 e. The second-order valence-corrected chi connectivity index (χ2v) is 8.93. The maximum Gasteiger partial charge on any atom is 0.255 e. The molecule has 0 atom stereocenters. The van der Waals surface area contributed by atoms with E-state index in [1.807, 2.05) is 6.07 Å². The van der Waals surface area contributed by atoms with Gasteiger partial charge in [0.15, 0.2) is 0 Å². The summed E-state index contributed by atoms with van der Waals surface area (Å²) in [6.07, 6.45) is 3.37. The highest BCUT2D eigenvalue weighted by Crippen LogP contribution is 2.25. The molecule has 2 amide bonds. The van der Waals surface area contributed by atoms with E-state index >= 15 is 0 Å². The summed E-state index contributed by atoms with van der Waals surface area (Å²) in [6.45, 7) is 3.62. The van der Waals surface area contributed by atoms with Crippen molar-refractivity contribution in [1.29, 1.82) is 0 Å². The van der Waals surface area contributed by atoms with Crippen molar-refractivity contribution >= 4 is 45.8 Å². The molecule has 2 heterocycles. The van der Waals surface area contributed by atoms with Crippen LogP contribution in [0.5, 0.6) is 0 Å². The first-order chi connectivity index (χ1) is 16.8. The van der Waals surface area contributed by atoms with Crippen LogP contribution in [0.1, 0.15) is 35.3 Å². The smallest absolute Gasteiger partial charge is 0.255 e. The fourth-order valence-corrected chi connectivity index (χ4v) is 3.78. The van der Waals surface area contributed by atoms with Crippen LogP contribution in [-0.2, 0) is 10.2 Å². The highest BCUT2D eigenvalue weighted by atomic mass is 35.5. The maximum atomic E-state index is 12.9. The van der Waals surface area contributed by atoms with E-state index in [0.717, 1.165) is 10.9 Å². The number of aromatic nitrogens is 2. The zero-order chi connectivity index (χ0) is 25.0. The Hall–Kier alpha value is -4.17. The van der Waals surface area contributed by atoms with Gasteiger partial charge in [-0.2, -0.15) is 0 Å². The van der Waals surface area contributed by atoms with E-state index in [-0.39, 0.29) is 24.1 Å². The Morgan fingerprint density at radius 2 is 1.71 bits per heavy atom. The van der Waals surface area contributed by atoms with Gasteiger partial charge in [-0.3, -0.25) is 9.59 Å². The van der Waals surface area contributed by atoms with Crippen LogP contribution < -0.4 is 10.6 Å². The summed E-state index contributed by atoms with van der Waals surface area (Å²) in [4.78, 5) is 32.8. The first-order valence-corrected chi connectivity index (χ1v) is 11.3. The zero-order valence-corrected chi connectivity index (χ0v) is 19.9. The molecule has 4 rings (SSSR count). The number of anilines is 1. The molecule has 0 bridgehead atoms. The van der Waals surface area contributed by atoms with Gasteiger partial charge in [-0.25, -0.2) is 4.98 Å². The van der Waals surface area contributed by atoms with Crippen molar-refractivity contribution in [3.05, 3.63) is 94.8 Å². The van der Waals surface area contributed by atoms with Gasteiger partial charge in [0.05, 0.1) is 17.6 Å². The van der Waals surface area contributed by atoms with Gasteiger partial charge in [0.1, 0.15) is 11.4 Å². The lowest BCUT2D eigenvalue weighted by atomic mass is 9.83. The Labute approximate surface area is 207 Å². The molecule has 178 valence electrons. The van der Waals surface area contributed by atoms with E-state index in [4.69, 9.17) is 11.6 Å². The molecular formula is C26H24ClN5O3. The van der Waals surface area contributed by atoms with E-state index < -0.39 is 5.41 Å². The Morgan fingerprint density at radius 3 is 2.40 bits per heavy atom. The zero-order valence-electron chi connectivity index (χ0n) is 19.2. The van der Waals surface area contributed by atoms with Crippen molar-refractivity contribution in [3.63, 3.8) is 0 Å². The third kappa shape index (κ3) is 5.17. The van der Waals surface area contributed by atoms with Crippen LogP contribution in [0.25, 0.3) is 11.0 Å². The van der Waals surface area contributed by atoms with Crippen LogP contribution >= 0.6 is 11.6 Å². The second-order valence-electron chi connectivity index (χ2n) is 8.49. The van der Waals surface area contributed by atoms with Gasteiger partial charge in [-0.1, -0.05) is 41.0 Å². The number of fused-ring (bicyclic) bond motifs is 1. The van der Waals surface area contributed by atoms with Crippen LogP contribution in [0, 0.1) is 0 Å². The van der Waals surface area contributed by atoms with E-state index in [9.17, 15) is 14.8 Å². The fourth-order valence-electron chi connectivity index (χ4n) is 3.66. The standard InChI is InChI=1S/C26H24ClN5O3/c1-26(2,18-7-9-19(27)10-8-18)25(34)30-15-22(32-35)16-3-5-17(6-4-16)24(33)31-21-12-14-29-23-20(21)11-13-28-23/h3-14,35H,15H2,1-2H3,(H,30,34)(H2,28,29,31,33)/b32-22+. The third-order valence-corrected chi connectivity index (χ3v) is 6.11. The number of hydrogen-bond donors (Lipinski definition) is 4. The summed E-state index contributed by atoms with van der Waals surface area (Å²) < 4.78 is 0. The van der Waals surface area contributed by atoms with Crippen molar-refractivity contribution in [2.45, 2.75) is 19.3 Å². The lowest BCUT2D eigenvalue weighted by molar-refractivity contribution is -0.125. The van der Waals surface area contributed by atoms with Gasteiger partial charge in [-0.05, 0) is 55.8 Å². The van der Waals surface area contributed by atoms with Crippen molar-refractivity contribution < 1.29 is 14.8 Å². The monoisotopic (exact) mass is 489 g/mol. The molecule has 2 aromatic carbocycles. The van der Waals surface area contributed by atoms with E-state index in [2.05, 4.69) is 25.8 Å². The van der Waals surface area contributed by atoms with Gasteiger partial charge in [0.2, 0.25) is 5.91 Å².